The van der Waals surface area contributed by atoms with Gasteiger partial charge in [-0.3, -0.25) is 0 Å². The standard InChI is InChI=1S/C24H49.Al/c1-4-7-10-13-14-15-17-20-23-24(21-18-12-9-6-3)22-19-16-11-8-5-2;/h23-24H,4-22H2,1-3H3;. The summed E-state index contributed by atoms with van der Waals surface area (Å²) in [5.74, 6) is 0.976. The van der Waals surface area contributed by atoms with Crippen molar-refractivity contribution in [3.05, 3.63) is 0 Å². The van der Waals surface area contributed by atoms with Crippen LogP contribution in [0.15, 0.2) is 0 Å². The highest BCUT2D eigenvalue weighted by Crippen LogP contribution is 2.31. The average molecular weight is 365 g/mol. The van der Waals surface area contributed by atoms with E-state index in [2.05, 4.69) is 37.1 Å². The second-order valence-electron chi connectivity index (χ2n) is 8.39. The maximum Gasteiger partial charge on any atom is 0.124 e. The lowest BCUT2D eigenvalue weighted by Crippen LogP contribution is -2.10. The molecule has 2 radical (unpaired) electrons. The Morgan fingerprint density at radius 2 is 0.760 bits per heavy atom. The van der Waals surface area contributed by atoms with Crippen LogP contribution < -0.4 is 0 Å². The molecule has 2 unspecified atom stereocenters. The van der Waals surface area contributed by atoms with Crippen molar-refractivity contribution in [2.24, 2.45) is 5.92 Å². The van der Waals surface area contributed by atoms with Gasteiger partial charge in [0.25, 0.3) is 0 Å². The van der Waals surface area contributed by atoms with Crippen molar-refractivity contribution in [2.75, 3.05) is 0 Å². The lowest BCUT2D eigenvalue weighted by atomic mass is 9.89. The van der Waals surface area contributed by atoms with E-state index in [1.165, 1.54) is 122 Å². The van der Waals surface area contributed by atoms with E-state index in [0.29, 0.717) is 0 Å². The van der Waals surface area contributed by atoms with E-state index in [1.807, 2.05) is 0 Å². The molecular weight excluding hydrogens is 315 g/mol. The summed E-state index contributed by atoms with van der Waals surface area (Å²) in [6, 6.07) is 0. The molecule has 0 saturated heterocycles. The van der Waals surface area contributed by atoms with Crippen LogP contribution >= 0.6 is 0 Å². The zero-order chi connectivity index (χ0) is 18.6. The van der Waals surface area contributed by atoms with Crippen molar-refractivity contribution in [1.82, 2.24) is 0 Å². The first-order chi connectivity index (χ1) is 12.3. The van der Waals surface area contributed by atoms with Gasteiger partial charge in [-0.25, -0.2) is 0 Å². The fourth-order valence-corrected chi connectivity index (χ4v) is 4.61. The van der Waals surface area contributed by atoms with Gasteiger partial charge >= 0.3 is 0 Å². The van der Waals surface area contributed by atoms with Gasteiger partial charge in [-0.15, -0.1) is 4.78 Å². The highest BCUT2D eigenvalue weighted by molar-refractivity contribution is 6.11. The van der Waals surface area contributed by atoms with Crippen LogP contribution in [0.4, 0.5) is 0 Å². The summed E-state index contributed by atoms with van der Waals surface area (Å²) < 4.78 is 0.878. The fraction of sp³-hybridized carbons (Fsp3) is 1.00. The smallest absolute Gasteiger partial charge is 0.105 e. The Bertz CT molecular complexity index is 238. The minimum absolute atomic E-state index is 0.878. The molecule has 0 aromatic carbocycles. The van der Waals surface area contributed by atoms with Gasteiger partial charge in [0.2, 0.25) is 0 Å². The molecule has 0 aliphatic rings. The minimum Gasteiger partial charge on any atom is -0.105 e. The van der Waals surface area contributed by atoms with Crippen molar-refractivity contribution in [3.63, 3.8) is 0 Å². The summed E-state index contributed by atoms with van der Waals surface area (Å²) in [6.45, 7) is 6.95. The highest BCUT2D eigenvalue weighted by Gasteiger charge is 2.15. The van der Waals surface area contributed by atoms with Gasteiger partial charge in [0.05, 0.1) is 0 Å². The molecule has 2 atom stereocenters. The van der Waals surface area contributed by atoms with E-state index in [-0.39, 0.29) is 0 Å². The summed E-state index contributed by atoms with van der Waals surface area (Å²) in [4.78, 5) is 0. The molecule has 0 bridgehead atoms. The largest absolute Gasteiger partial charge is 0.124 e. The van der Waals surface area contributed by atoms with Crippen LogP contribution in [-0.4, -0.2) is 16.3 Å². The molecule has 0 heterocycles. The van der Waals surface area contributed by atoms with Crippen molar-refractivity contribution >= 4 is 16.3 Å². The highest BCUT2D eigenvalue weighted by atomic mass is 27.0. The third-order valence-electron chi connectivity index (χ3n) is 5.85. The summed E-state index contributed by atoms with van der Waals surface area (Å²) in [7, 11) is 0. The Labute approximate surface area is 169 Å². The molecule has 25 heavy (non-hydrogen) atoms. The number of hydrogen-bond acceptors (Lipinski definition) is 0. The predicted octanol–water partition coefficient (Wildman–Crippen LogP) is 9.03. The third kappa shape index (κ3) is 17.7. The molecule has 0 saturated carbocycles. The Hall–Kier alpha value is 0.532. The molecule has 0 spiro atoms. The third-order valence-corrected chi connectivity index (χ3v) is 6.73. The summed E-state index contributed by atoms with van der Waals surface area (Å²) >= 11 is 3.24. The number of hydrogen-bond donors (Lipinski definition) is 0. The molecule has 0 N–H and O–H groups in total. The Kier molecular flexibility index (Phi) is 21.3. The van der Waals surface area contributed by atoms with Gasteiger partial charge in [-0.1, -0.05) is 149 Å². The van der Waals surface area contributed by atoms with Crippen molar-refractivity contribution in [3.8, 4) is 0 Å². The van der Waals surface area contributed by atoms with Crippen molar-refractivity contribution in [1.29, 1.82) is 0 Å². The molecule has 0 nitrogen and oxygen atoms in total. The van der Waals surface area contributed by atoms with E-state index >= 15 is 0 Å². The van der Waals surface area contributed by atoms with Crippen LogP contribution in [0.1, 0.15) is 143 Å². The van der Waals surface area contributed by atoms with Gasteiger partial charge in [0.15, 0.2) is 0 Å². The van der Waals surface area contributed by atoms with Crippen LogP contribution in [-0.2, 0) is 0 Å². The maximum atomic E-state index is 3.24. The molecule has 0 aliphatic heterocycles. The fourth-order valence-electron chi connectivity index (χ4n) is 3.99. The summed E-state index contributed by atoms with van der Waals surface area (Å²) in [5, 5.41) is 0. The second kappa shape index (κ2) is 20.8. The SMILES string of the molecule is CCCCCCCCC[CH]([Al])C(CCCCCC)CCCCCCC. The number of rotatable bonds is 20. The first-order valence-corrected chi connectivity index (χ1v) is 12.7. The van der Waals surface area contributed by atoms with Gasteiger partial charge in [-0.05, 0) is 0 Å². The second-order valence-corrected chi connectivity index (χ2v) is 9.24. The van der Waals surface area contributed by atoms with E-state index in [4.69, 9.17) is 0 Å². The zero-order valence-corrected chi connectivity index (χ0v) is 19.3. The molecule has 0 aliphatic carbocycles. The lowest BCUT2D eigenvalue weighted by Gasteiger charge is -2.25. The van der Waals surface area contributed by atoms with Crippen molar-refractivity contribution < 1.29 is 0 Å². The minimum atomic E-state index is 0.878. The van der Waals surface area contributed by atoms with E-state index < -0.39 is 0 Å². The van der Waals surface area contributed by atoms with Crippen LogP contribution in [0.3, 0.4) is 0 Å². The van der Waals surface area contributed by atoms with E-state index in [1.54, 1.807) is 0 Å². The Balaban J connectivity index is 3.92. The molecule has 0 rings (SSSR count). The topological polar surface area (TPSA) is 0 Å². The van der Waals surface area contributed by atoms with Gasteiger partial charge in [0, 0.05) is 0 Å². The first kappa shape index (κ1) is 25.5. The van der Waals surface area contributed by atoms with Crippen LogP contribution in [0.5, 0.6) is 0 Å². The van der Waals surface area contributed by atoms with Gasteiger partial charge < -0.3 is 0 Å². The Morgan fingerprint density at radius 3 is 1.20 bits per heavy atom. The summed E-state index contributed by atoms with van der Waals surface area (Å²) in [5.41, 5.74) is 0. The monoisotopic (exact) mass is 364 g/mol. The van der Waals surface area contributed by atoms with Gasteiger partial charge in [0.1, 0.15) is 16.3 Å². The average Bonchev–Trinajstić information content (AvgIpc) is 2.62. The number of unbranched alkanes of at least 4 members (excludes halogenated alkanes) is 13. The molecule has 0 aromatic rings. The quantitative estimate of drug-likeness (QED) is 0.149. The normalized spacial score (nSPS) is 13.9. The van der Waals surface area contributed by atoms with Gasteiger partial charge in [-0.2, -0.15) is 0 Å². The molecule has 1 heteroatoms. The van der Waals surface area contributed by atoms with Crippen molar-refractivity contribution in [2.45, 2.75) is 148 Å². The first-order valence-electron chi connectivity index (χ1n) is 12.0. The lowest BCUT2D eigenvalue weighted by molar-refractivity contribution is 0.367. The van der Waals surface area contributed by atoms with E-state index in [9.17, 15) is 0 Å². The molecule has 0 fully saturated rings. The Morgan fingerprint density at radius 1 is 0.440 bits per heavy atom. The predicted molar refractivity (Wildman–Crippen MR) is 118 cm³/mol. The van der Waals surface area contributed by atoms with Crippen LogP contribution in [0.2, 0.25) is 4.78 Å². The zero-order valence-electron chi connectivity index (χ0n) is 18.2. The summed E-state index contributed by atoms with van der Waals surface area (Å²) in [6.07, 6.45) is 27.5. The van der Waals surface area contributed by atoms with E-state index in [0.717, 1.165) is 10.7 Å². The van der Waals surface area contributed by atoms with Crippen LogP contribution in [0.25, 0.3) is 0 Å². The maximum absolute atomic E-state index is 3.24. The molecular formula is C24H49Al. The molecule has 148 valence electrons. The molecule has 0 amide bonds. The van der Waals surface area contributed by atoms with Crippen LogP contribution in [0, 0.1) is 5.92 Å². The molecule has 0 aromatic heterocycles.